The summed E-state index contributed by atoms with van der Waals surface area (Å²) in [7, 11) is 0. The van der Waals surface area contributed by atoms with E-state index in [0.29, 0.717) is 0 Å². The number of rotatable bonds is 5. The average Bonchev–Trinajstić information content (AvgIpc) is 2.13. The summed E-state index contributed by atoms with van der Waals surface area (Å²) >= 11 is 0. The van der Waals surface area contributed by atoms with Gasteiger partial charge in [0.1, 0.15) is 18.0 Å². The standard InChI is InChI=1S/C14H26N4/c1-7-15-11-8-12(17-10-16-11)18-14(5,6)9-13(2,3)4/h8,10H,7,9H2,1-6H3,(H2,15,16,17,18). The molecule has 0 atom stereocenters. The topological polar surface area (TPSA) is 49.8 Å². The molecule has 0 aliphatic rings. The van der Waals surface area contributed by atoms with E-state index >= 15 is 0 Å². The SMILES string of the molecule is CCNc1cc(NC(C)(C)CC(C)(C)C)ncn1. The van der Waals surface area contributed by atoms with E-state index in [2.05, 4.69) is 62.1 Å². The normalized spacial score (nSPS) is 12.3. The van der Waals surface area contributed by atoms with Crippen LogP contribution in [0, 0.1) is 5.41 Å². The van der Waals surface area contributed by atoms with E-state index in [1.54, 1.807) is 6.33 Å². The average molecular weight is 250 g/mol. The summed E-state index contributed by atoms with van der Waals surface area (Å²) in [6.07, 6.45) is 2.66. The van der Waals surface area contributed by atoms with Crippen LogP contribution in [0.3, 0.4) is 0 Å². The van der Waals surface area contributed by atoms with Gasteiger partial charge < -0.3 is 10.6 Å². The Morgan fingerprint density at radius 1 is 1.06 bits per heavy atom. The van der Waals surface area contributed by atoms with Crippen molar-refractivity contribution >= 4 is 11.6 Å². The molecule has 2 N–H and O–H groups in total. The summed E-state index contributed by atoms with van der Waals surface area (Å²) in [5.41, 5.74) is 0.296. The Balaban J connectivity index is 2.74. The highest BCUT2D eigenvalue weighted by molar-refractivity contribution is 5.47. The number of hydrogen-bond donors (Lipinski definition) is 2. The van der Waals surface area contributed by atoms with Crippen molar-refractivity contribution in [3.8, 4) is 0 Å². The van der Waals surface area contributed by atoms with Crippen molar-refractivity contribution in [2.24, 2.45) is 5.41 Å². The van der Waals surface area contributed by atoms with Crippen molar-refractivity contribution in [2.75, 3.05) is 17.2 Å². The molecule has 0 bridgehead atoms. The molecule has 0 saturated carbocycles. The van der Waals surface area contributed by atoms with Gasteiger partial charge in [-0.1, -0.05) is 20.8 Å². The van der Waals surface area contributed by atoms with Crippen LogP contribution in [0.2, 0.25) is 0 Å². The molecule has 0 aliphatic carbocycles. The lowest BCUT2D eigenvalue weighted by atomic mass is 9.82. The van der Waals surface area contributed by atoms with E-state index < -0.39 is 0 Å². The van der Waals surface area contributed by atoms with Crippen LogP contribution in [0.25, 0.3) is 0 Å². The molecule has 1 rings (SSSR count). The fourth-order valence-corrected chi connectivity index (χ4v) is 2.42. The van der Waals surface area contributed by atoms with Gasteiger partial charge in [0.15, 0.2) is 0 Å². The van der Waals surface area contributed by atoms with Gasteiger partial charge in [0.25, 0.3) is 0 Å². The third kappa shape index (κ3) is 5.34. The predicted molar refractivity (Wildman–Crippen MR) is 78.0 cm³/mol. The molecule has 4 heteroatoms. The maximum absolute atomic E-state index is 4.27. The monoisotopic (exact) mass is 250 g/mol. The first-order valence-corrected chi connectivity index (χ1v) is 6.56. The fraction of sp³-hybridized carbons (Fsp3) is 0.714. The lowest BCUT2D eigenvalue weighted by Gasteiger charge is -2.33. The highest BCUT2D eigenvalue weighted by Gasteiger charge is 2.25. The second kappa shape index (κ2) is 5.55. The van der Waals surface area contributed by atoms with E-state index in [-0.39, 0.29) is 11.0 Å². The van der Waals surface area contributed by atoms with Gasteiger partial charge in [0, 0.05) is 18.2 Å². The molecule has 102 valence electrons. The minimum absolute atomic E-state index is 0.0100. The zero-order valence-electron chi connectivity index (χ0n) is 12.5. The van der Waals surface area contributed by atoms with E-state index in [4.69, 9.17) is 0 Å². The summed E-state index contributed by atoms with van der Waals surface area (Å²) in [5.74, 6) is 1.73. The van der Waals surface area contributed by atoms with Gasteiger partial charge in [0.2, 0.25) is 0 Å². The van der Waals surface area contributed by atoms with Gasteiger partial charge in [0.05, 0.1) is 0 Å². The summed E-state index contributed by atoms with van der Waals surface area (Å²) < 4.78 is 0. The van der Waals surface area contributed by atoms with Crippen LogP contribution in [-0.4, -0.2) is 22.1 Å². The molecule has 0 fully saturated rings. The lowest BCUT2D eigenvalue weighted by molar-refractivity contribution is 0.302. The summed E-state index contributed by atoms with van der Waals surface area (Å²) in [6.45, 7) is 14.1. The molecule has 1 aromatic rings. The van der Waals surface area contributed by atoms with Crippen molar-refractivity contribution in [1.82, 2.24) is 9.97 Å². The van der Waals surface area contributed by atoms with Gasteiger partial charge >= 0.3 is 0 Å². The van der Waals surface area contributed by atoms with Crippen LogP contribution in [0.4, 0.5) is 11.6 Å². The quantitative estimate of drug-likeness (QED) is 0.839. The molecule has 0 aromatic carbocycles. The fourth-order valence-electron chi connectivity index (χ4n) is 2.42. The van der Waals surface area contributed by atoms with Crippen LogP contribution < -0.4 is 10.6 Å². The first-order chi connectivity index (χ1) is 8.22. The molecular weight excluding hydrogens is 224 g/mol. The largest absolute Gasteiger partial charge is 0.370 e. The second-order valence-corrected chi connectivity index (χ2v) is 6.57. The molecule has 0 spiro atoms. The highest BCUT2D eigenvalue weighted by atomic mass is 15.1. The van der Waals surface area contributed by atoms with Gasteiger partial charge in [-0.3, -0.25) is 0 Å². The van der Waals surface area contributed by atoms with Crippen LogP contribution in [0.5, 0.6) is 0 Å². The number of anilines is 2. The Hall–Kier alpha value is -1.32. The molecule has 1 heterocycles. The van der Waals surface area contributed by atoms with Crippen molar-refractivity contribution in [2.45, 2.75) is 53.5 Å². The molecule has 0 unspecified atom stereocenters. The van der Waals surface area contributed by atoms with E-state index in [1.807, 2.05) is 6.07 Å². The molecule has 0 aliphatic heterocycles. The van der Waals surface area contributed by atoms with Crippen LogP contribution in [0.15, 0.2) is 12.4 Å². The van der Waals surface area contributed by atoms with Gasteiger partial charge in [-0.2, -0.15) is 0 Å². The minimum Gasteiger partial charge on any atom is -0.370 e. The van der Waals surface area contributed by atoms with E-state index in [0.717, 1.165) is 24.6 Å². The van der Waals surface area contributed by atoms with Crippen LogP contribution in [-0.2, 0) is 0 Å². The zero-order valence-corrected chi connectivity index (χ0v) is 12.5. The van der Waals surface area contributed by atoms with Crippen molar-refractivity contribution < 1.29 is 0 Å². The third-order valence-electron chi connectivity index (χ3n) is 2.46. The molecule has 0 amide bonds. The highest BCUT2D eigenvalue weighted by Crippen LogP contribution is 2.29. The Labute approximate surface area is 111 Å². The van der Waals surface area contributed by atoms with Crippen molar-refractivity contribution in [3.05, 3.63) is 12.4 Å². The third-order valence-corrected chi connectivity index (χ3v) is 2.46. The van der Waals surface area contributed by atoms with Gasteiger partial charge in [-0.15, -0.1) is 0 Å². The molecule has 0 saturated heterocycles. The number of hydrogen-bond acceptors (Lipinski definition) is 4. The van der Waals surface area contributed by atoms with Crippen LogP contribution in [0.1, 0.15) is 48.0 Å². The molecule has 4 nitrogen and oxygen atoms in total. The number of nitrogens with one attached hydrogen (secondary N) is 2. The predicted octanol–water partition coefficient (Wildman–Crippen LogP) is 3.54. The molecule has 18 heavy (non-hydrogen) atoms. The van der Waals surface area contributed by atoms with E-state index in [9.17, 15) is 0 Å². The van der Waals surface area contributed by atoms with Gasteiger partial charge in [-0.05, 0) is 32.6 Å². The molecule has 1 aromatic heterocycles. The molecular formula is C14H26N4. The van der Waals surface area contributed by atoms with Gasteiger partial charge in [-0.25, -0.2) is 9.97 Å². The van der Waals surface area contributed by atoms with E-state index in [1.165, 1.54) is 0 Å². The first kappa shape index (κ1) is 14.7. The zero-order chi connectivity index (χ0) is 13.8. The van der Waals surface area contributed by atoms with Crippen molar-refractivity contribution in [1.29, 1.82) is 0 Å². The second-order valence-electron chi connectivity index (χ2n) is 6.57. The summed E-state index contributed by atoms with van der Waals surface area (Å²) in [4.78, 5) is 8.45. The Morgan fingerprint density at radius 2 is 1.67 bits per heavy atom. The molecule has 0 radical (unpaired) electrons. The van der Waals surface area contributed by atoms with Crippen molar-refractivity contribution in [3.63, 3.8) is 0 Å². The first-order valence-electron chi connectivity index (χ1n) is 6.56. The Morgan fingerprint density at radius 3 is 2.22 bits per heavy atom. The summed E-state index contributed by atoms with van der Waals surface area (Å²) in [5, 5.41) is 6.67. The number of aromatic nitrogens is 2. The lowest BCUT2D eigenvalue weighted by Crippen LogP contribution is -2.35. The Kier molecular flexibility index (Phi) is 4.54. The summed E-state index contributed by atoms with van der Waals surface area (Å²) in [6, 6.07) is 1.95. The maximum atomic E-state index is 4.27. The number of nitrogens with zero attached hydrogens (tertiary/aromatic N) is 2. The minimum atomic E-state index is 0.0100. The Bertz CT molecular complexity index is 380. The van der Waals surface area contributed by atoms with Crippen LogP contribution >= 0.6 is 0 Å². The smallest absolute Gasteiger partial charge is 0.131 e. The maximum Gasteiger partial charge on any atom is 0.131 e.